The van der Waals surface area contributed by atoms with Crippen molar-refractivity contribution in [2.75, 3.05) is 13.1 Å². The average Bonchev–Trinajstić information content (AvgIpc) is 3.27. The third kappa shape index (κ3) is 2.37. The molecule has 1 aliphatic heterocycles. The van der Waals surface area contributed by atoms with Gasteiger partial charge in [-0.2, -0.15) is 0 Å². The molecule has 0 bridgehead atoms. The van der Waals surface area contributed by atoms with Gasteiger partial charge >= 0.3 is 0 Å². The van der Waals surface area contributed by atoms with Gasteiger partial charge in [0.1, 0.15) is 0 Å². The number of carbonyl (C=O) groups is 1. The van der Waals surface area contributed by atoms with Crippen LogP contribution in [0.15, 0.2) is 24.3 Å². The standard InChI is InChI=1S/C18H20N2O2/c1-11-2-5-16-14(8-11)15(9-17(19-16)12-3-4-12)18(22)20-7-6-13(21)10-20/h2,5,8-9,12-13,21H,3-4,6-7,10H2,1H3/t13-/m1/s1. The highest BCUT2D eigenvalue weighted by Gasteiger charge is 2.30. The topological polar surface area (TPSA) is 53.4 Å². The summed E-state index contributed by atoms with van der Waals surface area (Å²) in [5.41, 5.74) is 3.81. The first-order valence-corrected chi connectivity index (χ1v) is 8.00. The van der Waals surface area contributed by atoms with E-state index in [9.17, 15) is 9.90 Å². The Hall–Kier alpha value is -1.94. The molecule has 0 spiro atoms. The van der Waals surface area contributed by atoms with Crippen molar-refractivity contribution in [3.8, 4) is 0 Å². The summed E-state index contributed by atoms with van der Waals surface area (Å²) in [5, 5.41) is 10.6. The predicted octanol–water partition coefficient (Wildman–Crippen LogP) is 2.63. The molecule has 1 amide bonds. The molecule has 114 valence electrons. The van der Waals surface area contributed by atoms with Crippen LogP contribution in [0.5, 0.6) is 0 Å². The Kier molecular flexibility index (Phi) is 3.15. The van der Waals surface area contributed by atoms with Gasteiger partial charge < -0.3 is 10.0 Å². The molecule has 1 saturated carbocycles. The minimum absolute atomic E-state index is 0.0245. The molecule has 1 aromatic heterocycles. The molecule has 0 unspecified atom stereocenters. The molecule has 2 fully saturated rings. The lowest BCUT2D eigenvalue weighted by Gasteiger charge is -2.18. The van der Waals surface area contributed by atoms with E-state index in [-0.39, 0.29) is 12.0 Å². The number of pyridine rings is 1. The van der Waals surface area contributed by atoms with Crippen LogP contribution in [0.2, 0.25) is 0 Å². The molecular weight excluding hydrogens is 276 g/mol. The molecule has 1 aliphatic carbocycles. The minimum Gasteiger partial charge on any atom is -0.391 e. The van der Waals surface area contributed by atoms with Crippen molar-refractivity contribution in [2.24, 2.45) is 0 Å². The van der Waals surface area contributed by atoms with E-state index in [1.165, 1.54) is 12.8 Å². The molecule has 22 heavy (non-hydrogen) atoms. The van der Waals surface area contributed by atoms with Crippen molar-refractivity contribution in [3.05, 3.63) is 41.1 Å². The molecule has 4 rings (SSSR count). The number of carbonyl (C=O) groups excluding carboxylic acids is 1. The van der Waals surface area contributed by atoms with Crippen molar-refractivity contribution >= 4 is 16.8 Å². The Bertz CT molecular complexity index is 752. The second-order valence-electron chi connectivity index (χ2n) is 6.58. The molecule has 4 heteroatoms. The van der Waals surface area contributed by atoms with Gasteiger partial charge in [-0.1, -0.05) is 11.6 Å². The monoisotopic (exact) mass is 296 g/mol. The number of benzene rings is 1. The molecule has 2 aliphatic rings. The third-order valence-corrected chi connectivity index (χ3v) is 4.66. The highest BCUT2D eigenvalue weighted by Crippen LogP contribution is 2.40. The number of hydrogen-bond acceptors (Lipinski definition) is 3. The Balaban J connectivity index is 1.83. The Morgan fingerprint density at radius 3 is 2.77 bits per heavy atom. The lowest BCUT2D eigenvalue weighted by Crippen LogP contribution is -2.29. The first-order valence-electron chi connectivity index (χ1n) is 8.00. The largest absolute Gasteiger partial charge is 0.391 e. The lowest BCUT2D eigenvalue weighted by atomic mass is 10.0. The van der Waals surface area contributed by atoms with E-state index in [1.54, 1.807) is 4.90 Å². The summed E-state index contributed by atoms with van der Waals surface area (Å²) < 4.78 is 0. The fraction of sp³-hybridized carbons (Fsp3) is 0.444. The smallest absolute Gasteiger partial charge is 0.254 e. The summed E-state index contributed by atoms with van der Waals surface area (Å²) in [4.78, 5) is 19.4. The number of amides is 1. The number of aromatic nitrogens is 1. The van der Waals surface area contributed by atoms with E-state index in [1.807, 2.05) is 31.2 Å². The number of β-amino-alcohol motifs (C(OH)–C–C–N with tert-alkyl or cyclic N) is 1. The van der Waals surface area contributed by atoms with Crippen LogP contribution < -0.4 is 0 Å². The molecule has 4 nitrogen and oxygen atoms in total. The summed E-state index contributed by atoms with van der Waals surface area (Å²) in [6.07, 6.45) is 2.62. The van der Waals surface area contributed by atoms with Crippen LogP contribution in [0, 0.1) is 6.92 Å². The van der Waals surface area contributed by atoms with Crippen LogP contribution >= 0.6 is 0 Å². The maximum atomic E-state index is 12.9. The fourth-order valence-corrected chi connectivity index (χ4v) is 3.22. The van der Waals surface area contributed by atoms with Crippen LogP contribution in [-0.4, -0.2) is 40.1 Å². The van der Waals surface area contributed by atoms with Crippen LogP contribution in [0.25, 0.3) is 10.9 Å². The number of aliphatic hydroxyl groups excluding tert-OH is 1. The molecule has 1 atom stereocenters. The SMILES string of the molecule is Cc1ccc2nc(C3CC3)cc(C(=O)N3CC[C@@H](O)C3)c2c1. The van der Waals surface area contributed by atoms with Crippen molar-refractivity contribution < 1.29 is 9.90 Å². The Morgan fingerprint density at radius 1 is 1.27 bits per heavy atom. The van der Waals surface area contributed by atoms with Gasteiger partial charge in [0.05, 0.1) is 17.2 Å². The Morgan fingerprint density at radius 2 is 2.09 bits per heavy atom. The quantitative estimate of drug-likeness (QED) is 0.927. The summed E-state index contributed by atoms with van der Waals surface area (Å²) in [6, 6.07) is 8.07. The molecule has 0 radical (unpaired) electrons. The van der Waals surface area contributed by atoms with Crippen molar-refractivity contribution in [1.82, 2.24) is 9.88 Å². The second-order valence-corrected chi connectivity index (χ2v) is 6.58. The van der Waals surface area contributed by atoms with Gasteiger partial charge in [-0.3, -0.25) is 9.78 Å². The summed E-state index contributed by atoms with van der Waals surface area (Å²) >= 11 is 0. The zero-order valence-electron chi connectivity index (χ0n) is 12.7. The molecule has 1 aromatic carbocycles. The first-order chi connectivity index (χ1) is 10.6. The third-order valence-electron chi connectivity index (χ3n) is 4.66. The van der Waals surface area contributed by atoms with Crippen LogP contribution in [0.3, 0.4) is 0 Å². The summed E-state index contributed by atoms with van der Waals surface area (Å²) in [7, 11) is 0. The van der Waals surface area contributed by atoms with E-state index in [4.69, 9.17) is 4.98 Å². The van der Waals surface area contributed by atoms with Gasteiger partial charge in [0, 0.05) is 30.1 Å². The van der Waals surface area contributed by atoms with Crippen LogP contribution in [0.4, 0.5) is 0 Å². The van der Waals surface area contributed by atoms with Gasteiger partial charge in [-0.25, -0.2) is 0 Å². The van der Waals surface area contributed by atoms with Gasteiger partial charge in [0.2, 0.25) is 0 Å². The predicted molar refractivity (Wildman–Crippen MR) is 85.0 cm³/mol. The minimum atomic E-state index is -0.387. The van der Waals surface area contributed by atoms with Gasteiger partial charge in [0.15, 0.2) is 0 Å². The lowest BCUT2D eigenvalue weighted by molar-refractivity contribution is 0.0766. The number of aliphatic hydroxyl groups is 1. The zero-order valence-corrected chi connectivity index (χ0v) is 12.7. The van der Waals surface area contributed by atoms with E-state index in [0.717, 1.165) is 27.7 Å². The summed E-state index contributed by atoms with van der Waals surface area (Å²) in [5.74, 6) is 0.540. The van der Waals surface area contributed by atoms with Crippen LogP contribution in [0.1, 0.15) is 46.8 Å². The number of likely N-dealkylation sites (tertiary alicyclic amines) is 1. The fourth-order valence-electron chi connectivity index (χ4n) is 3.22. The molecule has 2 aromatic rings. The van der Waals surface area contributed by atoms with Gasteiger partial charge in [0.25, 0.3) is 5.91 Å². The summed E-state index contributed by atoms with van der Waals surface area (Å²) in [6.45, 7) is 3.10. The van der Waals surface area contributed by atoms with Crippen molar-refractivity contribution in [3.63, 3.8) is 0 Å². The van der Waals surface area contributed by atoms with Gasteiger partial charge in [-0.05, 0) is 44.4 Å². The number of fused-ring (bicyclic) bond motifs is 1. The molecule has 2 heterocycles. The van der Waals surface area contributed by atoms with E-state index in [2.05, 4.69) is 0 Å². The Labute approximate surface area is 129 Å². The molecular formula is C18H20N2O2. The molecule has 1 N–H and O–H groups in total. The second kappa shape index (κ2) is 5.06. The van der Waals surface area contributed by atoms with Crippen molar-refractivity contribution in [2.45, 2.75) is 38.2 Å². The number of rotatable bonds is 2. The normalized spacial score (nSPS) is 21.5. The van der Waals surface area contributed by atoms with Gasteiger partial charge in [-0.15, -0.1) is 0 Å². The first kappa shape index (κ1) is 13.7. The highest BCUT2D eigenvalue weighted by molar-refractivity contribution is 6.06. The van der Waals surface area contributed by atoms with E-state index >= 15 is 0 Å². The maximum absolute atomic E-state index is 12.9. The maximum Gasteiger partial charge on any atom is 0.254 e. The van der Waals surface area contributed by atoms with Crippen molar-refractivity contribution in [1.29, 1.82) is 0 Å². The van der Waals surface area contributed by atoms with E-state index < -0.39 is 0 Å². The van der Waals surface area contributed by atoms with E-state index in [0.29, 0.717) is 25.4 Å². The highest BCUT2D eigenvalue weighted by atomic mass is 16.3. The number of hydrogen-bond donors (Lipinski definition) is 1. The number of nitrogens with zero attached hydrogens (tertiary/aromatic N) is 2. The number of aryl methyl sites for hydroxylation is 1. The average molecular weight is 296 g/mol. The zero-order chi connectivity index (χ0) is 15.3. The van der Waals surface area contributed by atoms with Crippen LogP contribution in [-0.2, 0) is 0 Å². The molecule has 1 saturated heterocycles.